The van der Waals surface area contributed by atoms with Crippen molar-refractivity contribution in [3.63, 3.8) is 0 Å². The van der Waals surface area contributed by atoms with Crippen molar-refractivity contribution in [2.45, 2.75) is 0 Å². The van der Waals surface area contributed by atoms with Crippen LogP contribution in [0.2, 0.25) is 0 Å². The first kappa shape index (κ1) is 19.7. The second-order valence-electron chi connectivity index (χ2n) is 5.94. The second-order valence-corrected chi connectivity index (χ2v) is 7.06. The normalized spacial score (nSPS) is 10.4. The van der Waals surface area contributed by atoms with E-state index in [0.29, 0.717) is 39.3 Å². The summed E-state index contributed by atoms with van der Waals surface area (Å²) < 4.78 is 13.1. The van der Waals surface area contributed by atoms with Crippen molar-refractivity contribution in [1.82, 2.24) is 15.1 Å². The van der Waals surface area contributed by atoms with Crippen LogP contribution in [0.4, 0.5) is 0 Å². The molecule has 0 aliphatic rings. The van der Waals surface area contributed by atoms with Gasteiger partial charge in [-0.3, -0.25) is 4.79 Å². The summed E-state index contributed by atoms with van der Waals surface area (Å²) in [4.78, 5) is 12.8. The van der Waals surface area contributed by atoms with Gasteiger partial charge >= 0.3 is 0 Å². The highest BCUT2D eigenvalue weighted by Crippen LogP contribution is 2.34. The van der Waals surface area contributed by atoms with E-state index in [1.54, 1.807) is 37.2 Å². The lowest BCUT2D eigenvalue weighted by molar-refractivity contribution is 0.0958. The van der Waals surface area contributed by atoms with E-state index >= 15 is 0 Å². The molecule has 1 N–H and O–H groups in total. The molecule has 3 rings (SSSR count). The average molecular weight is 442 g/mol. The lowest BCUT2D eigenvalue weighted by atomic mass is 10.1. The van der Waals surface area contributed by atoms with E-state index in [9.17, 15) is 4.79 Å². The zero-order valence-electron chi connectivity index (χ0n) is 15.6. The van der Waals surface area contributed by atoms with Crippen LogP contribution in [0.1, 0.15) is 10.4 Å². The zero-order valence-corrected chi connectivity index (χ0v) is 17.2. The summed E-state index contributed by atoms with van der Waals surface area (Å²) in [5.41, 5.74) is 2.49. The first-order valence-electron chi connectivity index (χ1n) is 8.52. The van der Waals surface area contributed by atoms with E-state index in [2.05, 4.69) is 32.9 Å². The van der Waals surface area contributed by atoms with Crippen molar-refractivity contribution < 1.29 is 14.3 Å². The molecule has 28 heavy (non-hydrogen) atoms. The SMILES string of the molecule is C=C(Br)CNC(=O)c1cn(-c2ccccc2)nc1-c1ccc(OC)cc1OC. The smallest absolute Gasteiger partial charge is 0.255 e. The van der Waals surface area contributed by atoms with E-state index in [-0.39, 0.29) is 5.91 Å². The van der Waals surface area contributed by atoms with Crippen molar-refractivity contribution in [3.8, 4) is 28.4 Å². The van der Waals surface area contributed by atoms with Crippen LogP contribution in [0.15, 0.2) is 65.8 Å². The van der Waals surface area contributed by atoms with Gasteiger partial charge in [0.2, 0.25) is 0 Å². The van der Waals surface area contributed by atoms with E-state index < -0.39 is 0 Å². The lowest BCUT2D eigenvalue weighted by Gasteiger charge is -2.10. The number of halogens is 1. The van der Waals surface area contributed by atoms with Gasteiger partial charge in [0.25, 0.3) is 5.91 Å². The fraction of sp³-hybridized carbons (Fsp3) is 0.143. The van der Waals surface area contributed by atoms with Gasteiger partial charge in [-0.15, -0.1) is 0 Å². The maximum atomic E-state index is 12.8. The Morgan fingerprint density at radius 1 is 1.18 bits per heavy atom. The predicted octanol–water partition coefficient (Wildman–Crippen LogP) is 4.19. The van der Waals surface area contributed by atoms with Gasteiger partial charge in [0.1, 0.15) is 17.2 Å². The van der Waals surface area contributed by atoms with Crippen molar-refractivity contribution >= 4 is 21.8 Å². The predicted molar refractivity (Wildman–Crippen MR) is 113 cm³/mol. The van der Waals surface area contributed by atoms with E-state index in [1.807, 2.05) is 36.4 Å². The minimum Gasteiger partial charge on any atom is -0.497 e. The first-order valence-corrected chi connectivity index (χ1v) is 9.31. The highest BCUT2D eigenvalue weighted by atomic mass is 79.9. The topological polar surface area (TPSA) is 65.4 Å². The Hall–Kier alpha value is -3.06. The lowest BCUT2D eigenvalue weighted by Crippen LogP contribution is -2.24. The molecule has 0 fully saturated rings. The van der Waals surface area contributed by atoms with Gasteiger partial charge in [-0.05, 0) is 24.3 Å². The number of hydrogen-bond acceptors (Lipinski definition) is 4. The molecule has 0 spiro atoms. The Balaban J connectivity index is 2.12. The number of carbonyl (C=O) groups is 1. The number of nitrogens with zero attached hydrogens (tertiary/aromatic N) is 2. The van der Waals surface area contributed by atoms with Crippen LogP contribution in [-0.4, -0.2) is 36.5 Å². The number of benzene rings is 2. The van der Waals surface area contributed by atoms with Crippen LogP contribution in [0, 0.1) is 0 Å². The molecule has 2 aromatic carbocycles. The minimum absolute atomic E-state index is 0.254. The third-order valence-electron chi connectivity index (χ3n) is 4.08. The summed E-state index contributed by atoms with van der Waals surface area (Å²) in [6.45, 7) is 4.06. The summed E-state index contributed by atoms with van der Waals surface area (Å²) in [6, 6.07) is 15.0. The molecule has 0 saturated heterocycles. The van der Waals surface area contributed by atoms with Gasteiger partial charge in [0, 0.05) is 28.9 Å². The van der Waals surface area contributed by atoms with Gasteiger partial charge in [-0.25, -0.2) is 4.68 Å². The molecule has 0 aliphatic carbocycles. The highest BCUT2D eigenvalue weighted by Gasteiger charge is 2.21. The first-order chi connectivity index (χ1) is 13.5. The number of carbonyl (C=O) groups excluding carboxylic acids is 1. The average Bonchev–Trinajstić information content (AvgIpc) is 3.17. The number of amides is 1. The van der Waals surface area contributed by atoms with Crippen LogP contribution >= 0.6 is 15.9 Å². The summed E-state index contributed by atoms with van der Waals surface area (Å²) in [5.74, 6) is 0.969. The molecular formula is C21H20BrN3O3. The van der Waals surface area contributed by atoms with Crippen molar-refractivity contribution in [3.05, 3.63) is 71.4 Å². The number of ether oxygens (including phenoxy) is 2. The van der Waals surface area contributed by atoms with Crippen molar-refractivity contribution in [1.29, 1.82) is 0 Å². The summed E-state index contributed by atoms with van der Waals surface area (Å²) in [5, 5.41) is 7.49. The van der Waals surface area contributed by atoms with Gasteiger partial charge < -0.3 is 14.8 Å². The van der Waals surface area contributed by atoms with Crippen LogP contribution in [0.3, 0.4) is 0 Å². The molecule has 0 bridgehead atoms. The van der Waals surface area contributed by atoms with Crippen LogP contribution < -0.4 is 14.8 Å². The molecule has 6 nitrogen and oxygen atoms in total. The van der Waals surface area contributed by atoms with E-state index in [4.69, 9.17) is 9.47 Å². The Morgan fingerprint density at radius 3 is 2.57 bits per heavy atom. The number of aromatic nitrogens is 2. The number of para-hydroxylation sites is 1. The molecule has 0 saturated carbocycles. The number of hydrogen-bond donors (Lipinski definition) is 1. The summed E-state index contributed by atoms with van der Waals surface area (Å²) in [7, 11) is 3.16. The van der Waals surface area contributed by atoms with Crippen LogP contribution in [0.25, 0.3) is 16.9 Å². The molecule has 0 unspecified atom stereocenters. The monoisotopic (exact) mass is 441 g/mol. The molecule has 0 aliphatic heterocycles. The Kier molecular flexibility index (Phi) is 6.16. The molecule has 7 heteroatoms. The maximum absolute atomic E-state index is 12.8. The van der Waals surface area contributed by atoms with Crippen LogP contribution in [0.5, 0.6) is 11.5 Å². The Morgan fingerprint density at radius 2 is 1.93 bits per heavy atom. The molecule has 144 valence electrons. The van der Waals surface area contributed by atoms with Crippen LogP contribution in [-0.2, 0) is 0 Å². The number of nitrogens with one attached hydrogen (secondary N) is 1. The van der Waals surface area contributed by atoms with Crippen molar-refractivity contribution in [2.75, 3.05) is 20.8 Å². The van der Waals surface area contributed by atoms with Gasteiger partial charge in [-0.1, -0.05) is 40.7 Å². The maximum Gasteiger partial charge on any atom is 0.255 e. The minimum atomic E-state index is -0.254. The fourth-order valence-corrected chi connectivity index (χ4v) is 2.86. The van der Waals surface area contributed by atoms with E-state index in [1.165, 1.54) is 0 Å². The summed E-state index contributed by atoms with van der Waals surface area (Å²) in [6.07, 6.45) is 1.71. The Bertz CT molecular complexity index is 999. The summed E-state index contributed by atoms with van der Waals surface area (Å²) >= 11 is 3.26. The quantitative estimate of drug-likeness (QED) is 0.596. The molecule has 1 heterocycles. The Labute approximate surface area is 171 Å². The molecular weight excluding hydrogens is 422 g/mol. The zero-order chi connectivity index (χ0) is 20.1. The number of methoxy groups -OCH3 is 2. The van der Waals surface area contributed by atoms with Gasteiger partial charge in [0.05, 0.1) is 25.5 Å². The standard InChI is InChI=1S/C21H20BrN3O3/c1-14(22)12-23-21(26)18-13-25(15-7-5-4-6-8-15)24-20(18)17-10-9-16(27-2)11-19(17)28-3/h4-11,13H,1,12H2,2-3H3,(H,23,26). The molecule has 1 aromatic heterocycles. The molecule has 3 aromatic rings. The third kappa shape index (κ3) is 4.26. The molecule has 1 amide bonds. The largest absolute Gasteiger partial charge is 0.497 e. The highest BCUT2D eigenvalue weighted by molar-refractivity contribution is 9.11. The molecule has 0 radical (unpaired) electrons. The number of rotatable bonds is 7. The van der Waals surface area contributed by atoms with Crippen molar-refractivity contribution in [2.24, 2.45) is 0 Å². The van der Waals surface area contributed by atoms with Gasteiger partial charge in [-0.2, -0.15) is 5.10 Å². The second kappa shape index (κ2) is 8.75. The fourth-order valence-electron chi connectivity index (χ4n) is 2.72. The van der Waals surface area contributed by atoms with Gasteiger partial charge in [0.15, 0.2) is 0 Å². The van der Waals surface area contributed by atoms with E-state index in [0.717, 1.165) is 5.69 Å². The molecule has 0 atom stereocenters. The third-order valence-corrected chi connectivity index (χ3v) is 4.36.